The summed E-state index contributed by atoms with van der Waals surface area (Å²) in [6, 6.07) is 0. The van der Waals surface area contributed by atoms with E-state index in [1.807, 2.05) is 6.92 Å². The Labute approximate surface area is 68.8 Å². The SMILES string of the molecule is CC(O)CC12CCC(CC1)C2. The first-order chi connectivity index (χ1) is 5.20. The van der Waals surface area contributed by atoms with Crippen LogP contribution in [0.2, 0.25) is 0 Å². The Hall–Kier alpha value is -0.0400. The highest BCUT2D eigenvalue weighted by Gasteiger charge is 2.44. The summed E-state index contributed by atoms with van der Waals surface area (Å²) >= 11 is 0. The largest absolute Gasteiger partial charge is 0.393 e. The third kappa shape index (κ3) is 1.31. The van der Waals surface area contributed by atoms with Crippen LogP contribution in [0.4, 0.5) is 0 Å². The van der Waals surface area contributed by atoms with Crippen LogP contribution < -0.4 is 0 Å². The van der Waals surface area contributed by atoms with Gasteiger partial charge in [-0.15, -0.1) is 0 Å². The Bertz CT molecular complexity index is 143. The van der Waals surface area contributed by atoms with E-state index in [2.05, 4.69) is 0 Å². The lowest BCUT2D eigenvalue weighted by Crippen LogP contribution is -2.20. The molecular formula is C10H18O. The van der Waals surface area contributed by atoms with Gasteiger partial charge in [0.25, 0.3) is 0 Å². The lowest BCUT2D eigenvalue weighted by atomic mass is 9.80. The summed E-state index contributed by atoms with van der Waals surface area (Å²) in [7, 11) is 0. The van der Waals surface area contributed by atoms with Crippen LogP contribution in [0.1, 0.15) is 45.4 Å². The minimum Gasteiger partial charge on any atom is -0.393 e. The van der Waals surface area contributed by atoms with Crippen molar-refractivity contribution in [2.45, 2.75) is 51.6 Å². The summed E-state index contributed by atoms with van der Waals surface area (Å²) in [5.74, 6) is 1.02. The van der Waals surface area contributed by atoms with Crippen LogP contribution in [0.3, 0.4) is 0 Å². The number of aliphatic hydroxyl groups is 1. The molecule has 0 aromatic heterocycles. The molecule has 0 aliphatic heterocycles. The third-order valence-electron chi connectivity index (χ3n) is 3.62. The van der Waals surface area contributed by atoms with Crippen molar-refractivity contribution in [1.82, 2.24) is 0 Å². The van der Waals surface area contributed by atoms with E-state index in [4.69, 9.17) is 0 Å². The molecule has 0 spiro atoms. The molecule has 2 aliphatic rings. The number of rotatable bonds is 2. The van der Waals surface area contributed by atoms with Crippen LogP contribution in [0.5, 0.6) is 0 Å². The van der Waals surface area contributed by atoms with Gasteiger partial charge in [-0.05, 0) is 56.8 Å². The maximum Gasteiger partial charge on any atom is 0.0517 e. The van der Waals surface area contributed by atoms with Crippen LogP contribution in [0, 0.1) is 11.3 Å². The molecule has 1 atom stereocenters. The highest BCUT2D eigenvalue weighted by molar-refractivity contribution is 4.96. The summed E-state index contributed by atoms with van der Waals surface area (Å²) in [4.78, 5) is 0. The van der Waals surface area contributed by atoms with Gasteiger partial charge in [0.1, 0.15) is 0 Å². The molecule has 0 aromatic rings. The molecule has 1 heteroatoms. The van der Waals surface area contributed by atoms with Crippen molar-refractivity contribution < 1.29 is 5.11 Å². The van der Waals surface area contributed by atoms with Crippen LogP contribution in [0.15, 0.2) is 0 Å². The normalized spacial score (nSPS) is 44.7. The lowest BCUT2D eigenvalue weighted by molar-refractivity contribution is 0.114. The van der Waals surface area contributed by atoms with Gasteiger partial charge in [-0.2, -0.15) is 0 Å². The Balaban J connectivity index is 1.99. The minimum absolute atomic E-state index is 0.0770. The van der Waals surface area contributed by atoms with Crippen molar-refractivity contribution >= 4 is 0 Å². The molecule has 64 valence electrons. The fourth-order valence-corrected chi connectivity index (χ4v) is 3.22. The second-order valence-electron chi connectivity index (χ2n) is 4.70. The minimum atomic E-state index is -0.0770. The summed E-state index contributed by atoms with van der Waals surface area (Å²) in [5.41, 5.74) is 0.582. The fraction of sp³-hybridized carbons (Fsp3) is 1.00. The second-order valence-corrected chi connectivity index (χ2v) is 4.70. The summed E-state index contributed by atoms with van der Waals surface area (Å²) in [6.45, 7) is 1.93. The zero-order chi connectivity index (χ0) is 7.90. The lowest BCUT2D eigenvalue weighted by Gasteiger charge is -2.27. The molecule has 1 unspecified atom stereocenters. The molecule has 1 N–H and O–H groups in total. The van der Waals surface area contributed by atoms with Crippen LogP contribution in [-0.4, -0.2) is 11.2 Å². The summed E-state index contributed by atoms with van der Waals surface area (Å²) in [5, 5.41) is 9.33. The van der Waals surface area contributed by atoms with E-state index < -0.39 is 0 Å². The average Bonchev–Trinajstić information content (AvgIpc) is 2.43. The van der Waals surface area contributed by atoms with E-state index >= 15 is 0 Å². The van der Waals surface area contributed by atoms with E-state index in [0.29, 0.717) is 5.41 Å². The highest BCUT2D eigenvalue weighted by Crippen LogP contribution is 2.56. The summed E-state index contributed by atoms with van der Waals surface area (Å²) in [6.07, 6.45) is 8.05. The van der Waals surface area contributed by atoms with Gasteiger partial charge in [-0.1, -0.05) is 0 Å². The van der Waals surface area contributed by atoms with E-state index in [-0.39, 0.29) is 6.10 Å². The van der Waals surface area contributed by atoms with Crippen molar-refractivity contribution in [3.63, 3.8) is 0 Å². The molecule has 2 saturated carbocycles. The molecule has 0 radical (unpaired) electrons. The van der Waals surface area contributed by atoms with Gasteiger partial charge < -0.3 is 5.11 Å². The van der Waals surface area contributed by atoms with E-state index in [9.17, 15) is 5.11 Å². The highest BCUT2D eigenvalue weighted by atomic mass is 16.3. The van der Waals surface area contributed by atoms with Gasteiger partial charge in [0.2, 0.25) is 0 Å². The average molecular weight is 154 g/mol. The van der Waals surface area contributed by atoms with Gasteiger partial charge in [0.15, 0.2) is 0 Å². The van der Waals surface area contributed by atoms with E-state index in [1.165, 1.54) is 32.1 Å². The van der Waals surface area contributed by atoms with Crippen LogP contribution in [0.25, 0.3) is 0 Å². The molecule has 0 heterocycles. The van der Waals surface area contributed by atoms with Gasteiger partial charge in [0, 0.05) is 0 Å². The fourth-order valence-electron chi connectivity index (χ4n) is 3.22. The molecule has 2 aliphatic carbocycles. The molecule has 0 saturated heterocycles. The monoisotopic (exact) mass is 154 g/mol. The molecule has 2 bridgehead atoms. The molecular weight excluding hydrogens is 136 g/mol. The topological polar surface area (TPSA) is 20.2 Å². The first kappa shape index (κ1) is 7.60. The van der Waals surface area contributed by atoms with Gasteiger partial charge in [-0.3, -0.25) is 0 Å². The number of fused-ring (bicyclic) bond motifs is 2. The van der Waals surface area contributed by atoms with Crippen molar-refractivity contribution in [3.8, 4) is 0 Å². The van der Waals surface area contributed by atoms with E-state index in [1.54, 1.807) is 0 Å². The zero-order valence-electron chi connectivity index (χ0n) is 7.34. The number of hydrogen-bond donors (Lipinski definition) is 1. The van der Waals surface area contributed by atoms with Crippen molar-refractivity contribution in [1.29, 1.82) is 0 Å². The smallest absolute Gasteiger partial charge is 0.0517 e. The van der Waals surface area contributed by atoms with Crippen molar-refractivity contribution in [2.75, 3.05) is 0 Å². The zero-order valence-corrected chi connectivity index (χ0v) is 7.34. The predicted molar refractivity (Wildman–Crippen MR) is 45.3 cm³/mol. The maximum atomic E-state index is 9.33. The molecule has 1 nitrogen and oxygen atoms in total. The Morgan fingerprint density at radius 2 is 2.09 bits per heavy atom. The first-order valence-electron chi connectivity index (χ1n) is 4.88. The van der Waals surface area contributed by atoms with Gasteiger partial charge in [-0.25, -0.2) is 0 Å². The molecule has 11 heavy (non-hydrogen) atoms. The number of hydrogen-bond acceptors (Lipinski definition) is 1. The molecule has 0 aromatic carbocycles. The van der Waals surface area contributed by atoms with Crippen molar-refractivity contribution in [2.24, 2.45) is 11.3 Å². The van der Waals surface area contributed by atoms with Crippen LogP contribution in [-0.2, 0) is 0 Å². The van der Waals surface area contributed by atoms with Gasteiger partial charge >= 0.3 is 0 Å². The predicted octanol–water partition coefficient (Wildman–Crippen LogP) is 2.34. The Morgan fingerprint density at radius 1 is 1.45 bits per heavy atom. The summed E-state index contributed by atoms with van der Waals surface area (Å²) < 4.78 is 0. The van der Waals surface area contributed by atoms with Gasteiger partial charge in [0.05, 0.1) is 6.10 Å². The van der Waals surface area contributed by atoms with E-state index in [0.717, 1.165) is 12.3 Å². The molecule has 0 amide bonds. The standard InChI is InChI=1S/C10H18O/c1-8(11)6-10-4-2-9(7-10)3-5-10/h8-9,11H,2-7H2,1H3. The second kappa shape index (κ2) is 2.48. The molecule has 2 fully saturated rings. The van der Waals surface area contributed by atoms with Crippen LogP contribution >= 0.6 is 0 Å². The Kier molecular flexibility index (Phi) is 1.71. The van der Waals surface area contributed by atoms with Crippen molar-refractivity contribution in [3.05, 3.63) is 0 Å². The first-order valence-corrected chi connectivity index (χ1v) is 4.88. The molecule has 2 rings (SSSR count). The Morgan fingerprint density at radius 3 is 2.45 bits per heavy atom. The third-order valence-corrected chi connectivity index (χ3v) is 3.62. The number of aliphatic hydroxyl groups excluding tert-OH is 1. The maximum absolute atomic E-state index is 9.33. The quantitative estimate of drug-likeness (QED) is 0.647.